The fourth-order valence-corrected chi connectivity index (χ4v) is 2.33. The highest BCUT2D eigenvalue weighted by Gasteiger charge is 2.05. The van der Waals surface area contributed by atoms with Crippen LogP contribution in [0.4, 0.5) is 0 Å². The van der Waals surface area contributed by atoms with Crippen LogP contribution in [0.3, 0.4) is 0 Å². The van der Waals surface area contributed by atoms with E-state index < -0.39 is 0 Å². The molecule has 3 nitrogen and oxygen atoms in total. The lowest BCUT2D eigenvalue weighted by atomic mass is 10.1. The van der Waals surface area contributed by atoms with E-state index in [1.807, 2.05) is 12.3 Å². The van der Waals surface area contributed by atoms with E-state index in [1.165, 1.54) is 10.8 Å². The van der Waals surface area contributed by atoms with Gasteiger partial charge in [0.2, 0.25) is 0 Å². The highest BCUT2D eigenvalue weighted by atomic mass is 14.8. The van der Waals surface area contributed by atoms with E-state index in [1.54, 1.807) is 6.33 Å². The van der Waals surface area contributed by atoms with Crippen molar-refractivity contribution < 1.29 is 0 Å². The summed E-state index contributed by atoms with van der Waals surface area (Å²) >= 11 is 0. The Labute approximate surface area is 97.1 Å². The predicted molar refractivity (Wildman–Crippen MR) is 68.9 cm³/mol. The molecule has 4 rings (SSSR count). The number of hydrogen-bond acceptors (Lipinski definition) is 2. The molecule has 2 heterocycles. The molecule has 0 bridgehead atoms. The third-order valence-corrected chi connectivity index (χ3v) is 3.13. The number of benzene rings is 2. The molecule has 0 amide bonds. The van der Waals surface area contributed by atoms with Gasteiger partial charge in [0, 0.05) is 33.4 Å². The molecule has 0 unspecified atom stereocenters. The molecule has 80 valence electrons. The maximum Gasteiger partial charge on any atom is 0.116 e. The third-order valence-electron chi connectivity index (χ3n) is 3.13. The number of H-pyrrole nitrogens is 1. The summed E-state index contributed by atoms with van der Waals surface area (Å²) in [6.45, 7) is 0. The SMILES string of the molecule is c1ccc2c(c1)[nH]c1cc3ncncc3cc12. The van der Waals surface area contributed by atoms with Crippen LogP contribution in [0.2, 0.25) is 0 Å². The molecule has 0 fully saturated rings. The Morgan fingerprint density at radius 1 is 0.941 bits per heavy atom. The van der Waals surface area contributed by atoms with Crippen molar-refractivity contribution in [2.24, 2.45) is 0 Å². The highest BCUT2D eigenvalue weighted by molar-refractivity contribution is 6.11. The minimum atomic E-state index is 0.971. The molecular formula is C14H9N3. The summed E-state index contributed by atoms with van der Waals surface area (Å²) in [7, 11) is 0. The Morgan fingerprint density at radius 3 is 2.88 bits per heavy atom. The molecule has 0 saturated heterocycles. The molecule has 17 heavy (non-hydrogen) atoms. The van der Waals surface area contributed by atoms with E-state index in [9.17, 15) is 0 Å². The smallest absolute Gasteiger partial charge is 0.116 e. The zero-order chi connectivity index (χ0) is 11.2. The van der Waals surface area contributed by atoms with Crippen molar-refractivity contribution in [1.29, 1.82) is 0 Å². The highest BCUT2D eigenvalue weighted by Crippen LogP contribution is 2.28. The summed E-state index contributed by atoms with van der Waals surface area (Å²) in [6, 6.07) is 12.5. The first-order valence-electron chi connectivity index (χ1n) is 5.52. The lowest BCUT2D eigenvalue weighted by Gasteiger charge is -1.96. The molecule has 4 aromatic rings. The zero-order valence-corrected chi connectivity index (χ0v) is 9.01. The summed E-state index contributed by atoms with van der Waals surface area (Å²) < 4.78 is 0. The summed E-state index contributed by atoms with van der Waals surface area (Å²) in [5.74, 6) is 0. The summed E-state index contributed by atoms with van der Waals surface area (Å²) in [5.41, 5.74) is 3.25. The van der Waals surface area contributed by atoms with Gasteiger partial charge in [-0.05, 0) is 18.2 Å². The number of hydrogen-bond donors (Lipinski definition) is 1. The van der Waals surface area contributed by atoms with Crippen molar-refractivity contribution in [3.05, 3.63) is 48.9 Å². The van der Waals surface area contributed by atoms with Gasteiger partial charge in [0.15, 0.2) is 0 Å². The number of aromatic amines is 1. The molecule has 0 saturated carbocycles. The van der Waals surface area contributed by atoms with Crippen molar-refractivity contribution in [3.8, 4) is 0 Å². The molecule has 2 aromatic heterocycles. The average Bonchev–Trinajstić information content (AvgIpc) is 2.73. The molecule has 1 N–H and O–H groups in total. The van der Waals surface area contributed by atoms with Crippen molar-refractivity contribution in [1.82, 2.24) is 15.0 Å². The van der Waals surface area contributed by atoms with Crippen molar-refractivity contribution in [2.75, 3.05) is 0 Å². The van der Waals surface area contributed by atoms with Crippen LogP contribution in [0.5, 0.6) is 0 Å². The third kappa shape index (κ3) is 1.16. The van der Waals surface area contributed by atoms with Crippen molar-refractivity contribution in [3.63, 3.8) is 0 Å². The fourth-order valence-electron chi connectivity index (χ4n) is 2.33. The Bertz CT molecular complexity index is 840. The maximum absolute atomic E-state index is 4.27. The maximum atomic E-state index is 4.27. The van der Waals surface area contributed by atoms with Crippen molar-refractivity contribution >= 4 is 32.7 Å². The molecule has 0 atom stereocenters. The molecule has 3 heteroatoms. The van der Waals surface area contributed by atoms with E-state index in [4.69, 9.17) is 0 Å². The molecular weight excluding hydrogens is 210 g/mol. The first-order chi connectivity index (χ1) is 8.42. The van der Waals surface area contributed by atoms with Crippen LogP contribution in [0.15, 0.2) is 48.9 Å². The second kappa shape index (κ2) is 3.04. The van der Waals surface area contributed by atoms with Crippen LogP contribution in [0.1, 0.15) is 0 Å². The largest absolute Gasteiger partial charge is 0.354 e. The minimum absolute atomic E-state index is 0.971. The summed E-state index contributed by atoms with van der Waals surface area (Å²) in [6.07, 6.45) is 3.43. The Morgan fingerprint density at radius 2 is 1.88 bits per heavy atom. The van der Waals surface area contributed by atoms with Gasteiger partial charge < -0.3 is 4.98 Å². The quantitative estimate of drug-likeness (QED) is 0.493. The number of fused-ring (bicyclic) bond motifs is 4. The standard InChI is InChI=1S/C14H9N3/c1-2-4-12-10(3-1)11-5-9-7-15-8-16-13(9)6-14(11)17-12/h1-8,17H. The lowest BCUT2D eigenvalue weighted by molar-refractivity contribution is 1.22. The Balaban J connectivity index is 2.28. The van der Waals surface area contributed by atoms with E-state index >= 15 is 0 Å². The molecule has 0 aliphatic heterocycles. The number of rotatable bonds is 0. The van der Waals surface area contributed by atoms with Gasteiger partial charge in [-0.2, -0.15) is 0 Å². The molecule has 0 aliphatic rings. The van der Waals surface area contributed by atoms with Gasteiger partial charge in [0.25, 0.3) is 0 Å². The number of nitrogens with zero attached hydrogens (tertiary/aromatic N) is 2. The van der Waals surface area contributed by atoms with E-state index in [2.05, 4.69) is 45.3 Å². The number of aromatic nitrogens is 3. The van der Waals surface area contributed by atoms with Gasteiger partial charge >= 0.3 is 0 Å². The van der Waals surface area contributed by atoms with Gasteiger partial charge in [-0.3, -0.25) is 0 Å². The van der Waals surface area contributed by atoms with Gasteiger partial charge in [-0.15, -0.1) is 0 Å². The Kier molecular flexibility index (Phi) is 1.56. The van der Waals surface area contributed by atoms with Gasteiger partial charge in [-0.25, -0.2) is 9.97 Å². The monoisotopic (exact) mass is 219 g/mol. The van der Waals surface area contributed by atoms with Crippen LogP contribution in [0, 0.1) is 0 Å². The molecule has 2 aromatic carbocycles. The van der Waals surface area contributed by atoms with E-state index in [0.717, 1.165) is 21.9 Å². The normalized spacial score (nSPS) is 11.5. The minimum Gasteiger partial charge on any atom is -0.354 e. The first-order valence-corrected chi connectivity index (χ1v) is 5.52. The average molecular weight is 219 g/mol. The summed E-state index contributed by atoms with van der Waals surface area (Å²) in [5, 5.41) is 3.54. The second-order valence-corrected chi connectivity index (χ2v) is 4.15. The molecule has 0 radical (unpaired) electrons. The van der Waals surface area contributed by atoms with E-state index in [0.29, 0.717) is 0 Å². The van der Waals surface area contributed by atoms with Crippen LogP contribution in [-0.2, 0) is 0 Å². The zero-order valence-electron chi connectivity index (χ0n) is 9.01. The van der Waals surface area contributed by atoms with Crippen LogP contribution in [-0.4, -0.2) is 15.0 Å². The molecule has 0 aliphatic carbocycles. The Hall–Kier alpha value is -2.42. The first kappa shape index (κ1) is 8.70. The van der Waals surface area contributed by atoms with Crippen molar-refractivity contribution in [2.45, 2.75) is 0 Å². The molecule has 0 spiro atoms. The van der Waals surface area contributed by atoms with E-state index in [-0.39, 0.29) is 0 Å². The summed E-state index contributed by atoms with van der Waals surface area (Å²) in [4.78, 5) is 11.7. The van der Waals surface area contributed by atoms with Gasteiger partial charge in [0.05, 0.1) is 5.52 Å². The van der Waals surface area contributed by atoms with Crippen LogP contribution in [0.25, 0.3) is 32.7 Å². The van der Waals surface area contributed by atoms with Gasteiger partial charge in [-0.1, -0.05) is 18.2 Å². The topological polar surface area (TPSA) is 41.6 Å². The second-order valence-electron chi connectivity index (χ2n) is 4.15. The van der Waals surface area contributed by atoms with Gasteiger partial charge in [0.1, 0.15) is 6.33 Å². The van der Waals surface area contributed by atoms with Crippen LogP contribution >= 0.6 is 0 Å². The lowest BCUT2D eigenvalue weighted by Crippen LogP contribution is -1.80. The fraction of sp³-hybridized carbons (Fsp3) is 0. The number of nitrogens with one attached hydrogen (secondary N) is 1. The van der Waals surface area contributed by atoms with Crippen LogP contribution < -0.4 is 0 Å². The predicted octanol–water partition coefficient (Wildman–Crippen LogP) is 3.26. The number of para-hydroxylation sites is 1.